The van der Waals surface area contributed by atoms with Gasteiger partial charge in [-0.3, -0.25) is 4.79 Å². The van der Waals surface area contributed by atoms with Gasteiger partial charge in [0.15, 0.2) is 0 Å². The minimum absolute atomic E-state index is 0.157. The first kappa shape index (κ1) is 14.0. The number of carbonyl (C=O) groups excluding carboxylic acids is 2. The summed E-state index contributed by atoms with van der Waals surface area (Å²) >= 11 is 0. The van der Waals surface area contributed by atoms with Crippen LogP contribution >= 0.6 is 0 Å². The van der Waals surface area contributed by atoms with E-state index in [1.54, 1.807) is 18.7 Å². The van der Waals surface area contributed by atoms with Crippen molar-refractivity contribution in [2.75, 3.05) is 20.8 Å². The molecule has 98 valence electrons. The molecule has 1 heterocycles. The Kier molecular flexibility index (Phi) is 4.51. The number of hydrogen-bond donors (Lipinski definition) is 0. The summed E-state index contributed by atoms with van der Waals surface area (Å²) in [6, 6.07) is -0.462. The molecule has 0 bridgehead atoms. The average Bonchev–Trinajstić information content (AvgIpc) is 2.36. The molecule has 1 rings (SSSR count). The molecule has 1 aliphatic rings. The van der Waals surface area contributed by atoms with Gasteiger partial charge in [-0.2, -0.15) is 0 Å². The number of rotatable bonds is 3. The molecular formula is C12H21NO4. The van der Waals surface area contributed by atoms with E-state index in [4.69, 9.17) is 9.47 Å². The SMILES string of the molecule is COC(=O)C1CCCCN1C(=O)C(C)(C)OC. The van der Waals surface area contributed by atoms with E-state index < -0.39 is 11.6 Å². The van der Waals surface area contributed by atoms with Gasteiger partial charge in [0.05, 0.1) is 7.11 Å². The molecule has 1 fully saturated rings. The maximum atomic E-state index is 12.3. The highest BCUT2D eigenvalue weighted by Gasteiger charge is 2.39. The van der Waals surface area contributed by atoms with E-state index in [-0.39, 0.29) is 11.9 Å². The van der Waals surface area contributed by atoms with Crippen LogP contribution in [0, 0.1) is 0 Å². The van der Waals surface area contributed by atoms with Crippen LogP contribution in [0.25, 0.3) is 0 Å². The Balaban J connectivity index is 2.85. The summed E-state index contributed by atoms with van der Waals surface area (Å²) in [5.74, 6) is -0.500. The molecule has 5 nitrogen and oxygen atoms in total. The molecule has 1 unspecified atom stereocenters. The quantitative estimate of drug-likeness (QED) is 0.693. The van der Waals surface area contributed by atoms with Gasteiger partial charge in [0, 0.05) is 13.7 Å². The molecule has 0 aliphatic carbocycles. The summed E-state index contributed by atoms with van der Waals surface area (Å²) in [4.78, 5) is 25.5. The number of likely N-dealkylation sites (tertiary alicyclic amines) is 1. The van der Waals surface area contributed by atoms with Crippen molar-refractivity contribution in [3.8, 4) is 0 Å². The predicted octanol–water partition coefficient (Wildman–Crippen LogP) is 0.965. The van der Waals surface area contributed by atoms with Crippen LogP contribution in [0.3, 0.4) is 0 Å². The van der Waals surface area contributed by atoms with Gasteiger partial charge in [-0.25, -0.2) is 4.79 Å². The first-order valence-corrected chi connectivity index (χ1v) is 5.88. The molecule has 0 radical (unpaired) electrons. The third-order valence-electron chi connectivity index (χ3n) is 3.26. The topological polar surface area (TPSA) is 55.8 Å². The molecule has 0 saturated carbocycles. The highest BCUT2D eigenvalue weighted by Crippen LogP contribution is 2.23. The first-order chi connectivity index (χ1) is 7.94. The minimum atomic E-state index is -0.899. The molecule has 0 aromatic rings. The summed E-state index contributed by atoms with van der Waals surface area (Å²) in [7, 11) is 2.84. The van der Waals surface area contributed by atoms with Crippen molar-refractivity contribution in [2.45, 2.75) is 44.8 Å². The number of amides is 1. The minimum Gasteiger partial charge on any atom is -0.467 e. The molecule has 1 saturated heterocycles. The Morgan fingerprint density at radius 3 is 2.41 bits per heavy atom. The van der Waals surface area contributed by atoms with Crippen molar-refractivity contribution in [3.63, 3.8) is 0 Å². The third kappa shape index (κ3) is 2.97. The Hall–Kier alpha value is -1.10. The summed E-state index contributed by atoms with van der Waals surface area (Å²) in [6.45, 7) is 4.00. The van der Waals surface area contributed by atoms with Gasteiger partial charge in [-0.05, 0) is 33.1 Å². The van der Waals surface area contributed by atoms with Crippen molar-refractivity contribution in [3.05, 3.63) is 0 Å². The van der Waals surface area contributed by atoms with Gasteiger partial charge >= 0.3 is 5.97 Å². The van der Waals surface area contributed by atoms with Crippen molar-refractivity contribution in [1.82, 2.24) is 4.90 Å². The number of carbonyl (C=O) groups is 2. The maximum absolute atomic E-state index is 12.3. The van der Waals surface area contributed by atoms with Crippen molar-refractivity contribution < 1.29 is 19.1 Å². The molecule has 5 heteroatoms. The van der Waals surface area contributed by atoms with Crippen LogP contribution in [0.1, 0.15) is 33.1 Å². The lowest BCUT2D eigenvalue weighted by molar-refractivity contribution is -0.164. The molecule has 0 spiro atoms. The van der Waals surface area contributed by atoms with Gasteiger partial charge in [0.1, 0.15) is 11.6 Å². The van der Waals surface area contributed by atoms with Crippen LogP contribution in [-0.4, -0.2) is 49.2 Å². The zero-order chi connectivity index (χ0) is 13.1. The number of hydrogen-bond acceptors (Lipinski definition) is 4. The Morgan fingerprint density at radius 1 is 1.24 bits per heavy atom. The number of ether oxygens (including phenoxy) is 2. The fraction of sp³-hybridized carbons (Fsp3) is 0.833. The predicted molar refractivity (Wildman–Crippen MR) is 62.5 cm³/mol. The molecule has 0 aromatic carbocycles. The lowest BCUT2D eigenvalue weighted by atomic mass is 9.98. The van der Waals surface area contributed by atoms with Crippen molar-refractivity contribution in [1.29, 1.82) is 0 Å². The monoisotopic (exact) mass is 243 g/mol. The second kappa shape index (κ2) is 5.49. The Morgan fingerprint density at radius 2 is 1.88 bits per heavy atom. The fourth-order valence-corrected chi connectivity index (χ4v) is 1.99. The van der Waals surface area contributed by atoms with Gasteiger partial charge in [0.25, 0.3) is 5.91 Å². The smallest absolute Gasteiger partial charge is 0.328 e. The van der Waals surface area contributed by atoms with E-state index in [0.29, 0.717) is 13.0 Å². The number of methoxy groups -OCH3 is 2. The van der Waals surface area contributed by atoms with Gasteiger partial charge in [-0.15, -0.1) is 0 Å². The number of esters is 1. The zero-order valence-electron chi connectivity index (χ0n) is 11.0. The standard InChI is InChI=1S/C12H21NO4/c1-12(2,17-4)11(15)13-8-6-5-7-9(13)10(14)16-3/h9H,5-8H2,1-4H3. The lowest BCUT2D eigenvalue weighted by Crippen LogP contribution is -2.55. The number of piperidine rings is 1. The van der Waals surface area contributed by atoms with E-state index in [2.05, 4.69) is 0 Å². The average molecular weight is 243 g/mol. The van der Waals surface area contributed by atoms with Gasteiger partial charge < -0.3 is 14.4 Å². The maximum Gasteiger partial charge on any atom is 0.328 e. The fourth-order valence-electron chi connectivity index (χ4n) is 1.99. The van der Waals surface area contributed by atoms with E-state index in [9.17, 15) is 9.59 Å². The number of nitrogens with zero attached hydrogens (tertiary/aromatic N) is 1. The molecule has 0 aromatic heterocycles. The van der Waals surface area contributed by atoms with E-state index >= 15 is 0 Å². The highest BCUT2D eigenvalue weighted by molar-refractivity contribution is 5.89. The summed E-state index contributed by atoms with van der Waals surface area (Å²) in [5.41, 5.74) is -0.899. The van der Waals surface area contributed by atoms with Crippen LogP contribution in [-0.2, 0) is 19.1 Å². The van der Waals surface area contributed by atoms with Crippen LogP contribution in [0.15, 0.2) is 0 Å². The van der Waals surface area contributed by atoms with Gasteiger partial charge in [-0.1, -0.05) is 0 Å². The second-order valence-corrected chi connectivity index (χ2v) is 4.75. The first-order valence-electron chi connectivity index (χ1n) is 5.88. The van der Waals surface area contributed by atoms with Gasteiger partial charge in [0.2, 0.25) is 0 Å². The molecule has 1 atom stereocenters. The summed E-state index contributed by atoms with van der Waals surface area (Å²) in [5, 5.41) is 0. The molecular weight excluding hydrogens is 222 g/mol. The summed E-state index contributed by atoms with van der Waals surface area (Å²) in [6.07, 6.45) is 2.52. The van der Waals surface area contributed by atoms with Crippen LogP contribution in [0.4, 0.5) is 0 Å². The second-order valence-electron chi connectivity index (χ2n) is 4.75. The van der Waals surface area contributed by atoms with Crippen LogP contribution in [0.5, 0.6) is 0 Å². The molecule has 1 aliphatic heterocycles. The largest absolute Gasteiger partial charge is 0.467 e. The van der Waals surface area contributed by atoms with E-state index in [0.717, 1.165) is 12.8 Å². The normalized spacial score (nSPS) is 21.2. The lowest BCUT2D eigenvalue weighted by Gasteiger charge is -2.38. The molecule has 17 heavy (non-hydrogen) atoms. The Labute approximate surface area is 102 Å². The third-order valence-corrected chi connectivity index (χ3v) is 3.26. The van der Waals surface area contributed by atoms with Crippen LogP contribution in [0.2, 0.25) is 0 Å². The van der Waals surface area contributed by atoms with Crippen LogP contribution < -0.4 is 0 Å². The highest BCUT2D eigenvalue weighted by atomic mass is 16.5. The van der Waals surface area contributed by atoms with E-state index in [1.807, 2.05) is 0 Å². The molecule has 0 N–H and O–H groups in total. The van der Waals surface area contributed by atoms with Crippen molar-refractivity contribution in [2.24, 2.45) is 0 Å². The Bertz CT molecular complexity index is 301. The van der Waals surface area contributed by atoms with Crippen molar-refractivity contribution >= 4 is 11.9 Å². The van der Waals surface area contributed by atoms with E-state index in [1.165, 1.54) is 14.2 Å². The summed E-state index contributed by atoms with van der Waals surface area (Å²) < 4.78 is 9.91. The molecule has 1 amide bonds. The zero-order valence-corrected chi connectivity index (χ0v) is 11.0.